The van der Waals surface area contributed by atoms with Crippen molar-refractivity contribution >= 4 is 10.8 Å². The Balaban J connectivity index is 1.33. The van der Waals surface area contributed by atoms with E-state index in [9.17, 15) is 5.11 Å². The summed E-state index contributed by atoms with van der Waals surface area (Å²) in [4.78, 5) is 0. The molecule has 1 heteroatoms. The molecule has 6 rings (SSSR count). The van der Waals surface area contributed by atoms with Crippen molar-refractivity contribution in [3.8, 4) is 0 Å². The summed E-state index contributed by atoms with van der Waals surface area (Å²) in [6, 6.07) is 16.1. The molecule has 0 aromatic heterocycles. The van der Waals surface area contributed by atoms with Gasteiger partial charge in [-0.25, -0.2) is 0 Å². The molecule has 158 valence electrons. The highest BCUT2D eigenvalue weighted by atomic mass is 16.3. The van der Waals surface area contributed by atoms with Crippen LogP contribution in [0.2, 0.25) is 0 Å². The molecule has 1 nitrogen and oxygen atoms in total. The quantitative estimate of drug-likeness (QED) is 0.500. The van der Waals surface area contributed by atoms with E-state index in [0.29, 0.717) is 16.7 Å². The van der Waals surface area contributed by atoms with Gasteiger partial charge in [0.15, 0.2) is 0 Å². The van der Waals surface area contributed by atoms with Crippen LogP contribution >= 0.6 is 0 Å². The van der Waals surface area contributed by atoms with Crippen molar-refractivity contribution in [2.45, 2.75) is 77.2 Å². The van der Waals surface area contributed by atoms with Gasteiger partial charge in [-0.15, -0.1) is 0 Å². The standard InChI is InChI=1S/C29H36O/c1-28-15-13-23(30)18-22(28)9-10-24-26-12-11-25(29(26,2)16-14-27(24)28)21-8-7-19-5-3-4-6-20(19)17-21/h3-9,17,23-27,30H,10-16,18H2,1-2H3/t23-,24-,25+,26-,27-,28-,29+/m0/s1. The zero-order chi connectivity index (χ0) is 20.5. The Morgan fingerprint density at radius 3 is 2.57 bits per heavy atom. The van der Waals surface area contributed by atoms with Crippen LogP contribution in [0.15, 0.2) is 54.1 Å². The van der Waals surface area contributed by atoms with Gasteiger partial charge in [-0.05, 0) is 102 Å². The number of fused-ring (bicyclic) bond motifs is 6. The smallest absolute Gasteiger partial charge is 0.0577 e. The van der Waals surface area contributed by atoms with Gasteiger partial charge in [-0.3, -0.25) is 0 Å². The van der Waals surface area contributed by atoms with Crippen LogP contribution < -0.4 is 0 Å². The highest BCUT2D eigenvalue weighted by Gasteiger charge is 2.58. The molecule has 0 heterocycles. The van der Waals surface area contributed by atoms with E-state index in [0.717, 1.165) is 30.6 Å². The van der Waals surface area contributed by atoms with E-state index in [-0.39, 0.29) is 6.10 Å². The highest BCUT2D eigenvalue weighted by Crippen LogP contribution is 2.68. The van der Waals surface area contributed by atoms with Crippen molar-refractivity contribution in [2.75, 3.05) is 0 Å². The Hall–Kier alpha value is -1.60. The minimum atomic E-state index is -0.0986. The maximum Gasteiger partial charge on any atom is 0.0577 e. The van der Waals surface area contributed by atoms with Crippen molar-refractivity contribution in [1.82, 2.24) is 0 Å². The predicted molar refractivity (Wildman–Crippen MR) is 124 cm³/mol. The van der Waals surface area contributed by atoms with Crippen LogP contribution in [0.1, 0.15) is 76.7 Å². The molecular formula is C29H36O. The highest BCUT2D eigenvalue weighted by molar-refractivity contribution is 5.83. The number of hydrogen-bond donors (Lipinski definition) is 1. The molecule has 0 radical (unpaired) electrons. The third kappa shape index (κ3) is 2.63. The first-order chi connectivity index (χ1) is 14.5. The number of aliphatic hydroxyl groups is 1. The van der Waals surface area contributed by atoms with Crippen LogP contribution in [0.25, 0.3) is 10.8 Å². The Bertz CT molecular complexity index is 1000. The van der Waals surface area contributed by atoms with Crippen LogP contribution in [0.5, 0.6) is 0 Å². The largest absolute Gasteiger partial charge is 0.393 e. The van der Waals surface area contributed by atoms with E-state index in [1.165, 1.54) is 49.3 Å². The average molecular weight is 401 g/mol. The lowest BCUT2D eigenvalue weighted by Gasteiger charge is -2.58. The maximum atomic E-state index is 10.2. The molecular weight excluding hydrogens is 364 g/mol. The topological polar surface area (TPSA) is 20.2 Å². The molecule has 3 fully saturated rings. The molecule has 0 saturated heterocycles. The van der Waals surface area contributed by atoms with Gasteiger partial charge in [0.2, 0.25) is 0 Å². The number of aliphatic hydroxyl groups excluding tert-OH is 1. The molecule has 0 aliphatic heterocycles. The molecule has 0 spiro atoms. The summed E-state index contributed by atoms with van der Waals surface area (Å²) in [5.41, 5.74) is 3.97. The molecule has 30 heavy (non-hydrogen) atoms. The van der Waals surface area contributed by atoms with Gasteiger partial charge in [0.25, 0.3) is 0 Å². The van der Waals surface area contributed by atoms with Gasteiger partial charge in [-0.2, -0.15) is 0 Å². The van der Waals surface area contributed by atoms with Gasteiger partial charge in [0.05, 0.1) is 6.10 Å². The van der Waals surface area contributed by atoms with Crippen molar-refractivity contribution in [3.05, 3.63) is 59.7 Å². The normalized spacial score (nSPS) is 42.9. The van der Waals surface area contributed by atoms with Crippen molar-refractivity contribution in [3.63, 3.8) is 0 Å². The summed E-state index contributed by atoms with van der Waals surface area (Å²) in [5, 5.41) is 13.0. The molecule has 0 unspecified atom stereocenters. The first-order valence-corrected chi connectivity index (χ1v) is 12.4. The SMILES string of the molecule is C[C@]12CC[C@H]3[C@@H](CC=C4C[C@@H](O)CC[C@@]43C)[C@@H]1CC[C@@H]2c1ccc2ccccc2c1. The summed E-state index contributed by atoms with van der Waals surface area (Å²) < 4.78 is 0. The van der Waals surface area contributed by atoms with Gasteiger partial charge >= 0.3 is 0 Å². The minimum absolute atomic E-state index is 0.0986. The number of allylic oxidation sites excluding steroid dienone is 1. The third-order valence-electron chi connectivity index (χ3n) is 10.3. The fraction of sp³-hybridized carbons (Fsp3) is 0.586. The monoisotopic (exact) mass is 400 g/mol. The number of benzene rings is 2. The van der Waals surface area contributed by atoms with E-state index < -0.39 is 0 Å². The molecule has 4 aliphatic rings. The van der Waals surface area contributed by atoms with E-state index in [4.69, 9.17) is 0 Å². The Morgan fingerprint density at radius 1 is 0.867 bits per heavy atom. The fourth-order valence-corrected chi connectivity index (χ4v) is 8.61. The summed E-state index contributed by atoms with van der Waals surface area (Å²) in [6.07, 6.45) is 12.4. The third-order valence-corrected chi connectivity index (χ3v) is 10.3. The van der Waals surface area contributed by atoms with Crippen molar-refractivity contribution in [2.24, 2.45) is 28.6 Å². The molecule has 1 N–H and O–H groups in total. The number of rotatable bonds is 1. The molecule has 4 aliphatic carbocycles. The zero-order valence-electron chi connectivity index (χ0n) is 18.6. The van der Waals surface area contributed by atoms with E-state index in [2.05, 4.69) is 62.4 Å². The molecule has 7 atom stereocenters. The molecule has 0 amide bonds. The summed E-state index contributed by atoms with van der Waals surface area (Å²) in [5.74, 6) is 3.24. The average Bonchev–Trinajstić information content (AvgIpc) is 3.11. The molecule has 2 aromatic rings. The van der Waals surface area contributed by atoms with E-state index in [1.807, 2.05) is 0 Å². The number of hydrogen-bond acceptors (Lipinski definition) is 1. The lowest BCUT2D eigenvalue weighted by atomic mass is 9.47. The second-order valence-corrected chi connectivity index (χ2v) is 11.4. The van der Waals surface area contributed by atoms with Crippen LogP contribution in [0.4, 0.5) is 0 Å². The second-order valence-electron chi connectivity index (χ2n) is 11.4. The fourth-order valence-electron chi connectivity index (χ4n) is 8.61. The lowest BCUT2D eigenvalue weighted by molar-refractivity contribution is -0.0409. The first kappa shape index (κ1) is 19.1. The first-order valence-electron chi connectivity index (χ1n) is 12.4. The Morgan fingerprint density at radius 2 is 1.70 bits per heavy atom. The van der Waals surface area contributed by atoms with Crippen LogP contribution in [0, 0.1) is 28.6 Å². The summed E-state index contributed by atoms with van der Waals surface area (Å²) >= 11 is 0. The van der Waals surface area contributed by atoms with Crippen LogP contribution in [-0.2, 0) is 0 Å². The van der Waals surface area contributed by atoms with Crippen molar-refractivity contribution in [1.29, 1.82) is 0 Å². The van der Waals surface area contributed by atoms with E-state index in [1.54, 1.807) is 11.1 Å². The summed E-state index contributed by atoms with van der Waals surface area (Å²) in [6.45, 7) is 5.17. The summed E-state index contributed by atoms with van der Waals surface area (Å²) in [7, 11) is 0. The van der Waals surface area contributed by atoms with Crippen LogP contribution in [0.3, 0.4) is 0 Å². The lowest BCUT2D eigenvalue weighted by Crippen LogP contribution is -2.50. The molecule has 3 saturated carbocycles. The Kier molecular flexibility index (Phi) is 4.27. The Labute approximate surface area is 181 Å². The predicted octanol–water partition coefficient (Wildman–Crippen LogP) is 7.25. The molecule has 0 bridgehead atoms. The van der Waals surface area contributed by atoms with E-state index >= 15 is 0 Å². The molecule has 2 aromatic carbocycles. The zero-order valence-corrected chi connectivity index (χ0v) is 18.6. The van der Waals surface area contributed by atoms with Gasteiger partial charge in [-0.1, -0.05) is 68.0 Å². The van der Waals surface area contributed by atoms with Gasteiger partial charge in [0, 0.05) is 0 Å². The van der Waals surface area contributed by atoms with Crippen LogP contribution in [-0.4, -0.2) is 11.2 Å². The maximum absolute atomic E-state index is 10.2. The van der Waals surface area contributed by atoms with Gasteiger partial charge in [0.1, 0.15) is 0 Å². The van der Waals surface area contributed by atoms with Crippen molar-refractivity contribution < 1.29 is 5.11 Å². The van der Waals surface area contributed by atoms with Gasteiger partial charge < -0.3 is 5.11 Å². The minimum Gasteiger partial charge on any atom is -0.393 e. The second kappa shape index (κ2) is 6.70.